The highest BCUT2D eigenvalue weighted by atomic mass is 16.6. The Morgan fingerprint density at radius 2 is 1.60 bits per heavy atom. The Balaban J connectivity index is 3.02. The molecule has 1 aromatic carbocycles. The van der Waals surface area contributed by atoms with E-state index < -0.39 is 11.7 Å². The Bertz CT molecular complexity index is 483. The molecule has 0 aromatic heterocycles. The summed E-state index contributed by atoms with van der Waals surface area (Å²) in [6, 6.07) is 3.21. The average Bonchev–Trinajstić information content (AvgIpc) is 2.35. The molecule has 7 heteroatoms. The monoisotopic (exact) mass is 283 g/mol. The molecule has 0 saturated heterocycles. The smallest absolute Gasteiger partial charge is 0.412 e. The van der Waals surface area contributed by atoms with Gasteiger partial charge < -0.3 is 19.6 Å². The van der Waals surface area contributed by atoms with Crippen molar-refractivity contribution in [3.8, 4) is 11.5 Å². The van der Waals surface area contributed by atoms with Gasteiger partial charge >= 0.3 is 6.09 Å². The van der Waals surface area contributed by atoms with Crippen molar-refractivity contribution in [3.05, 3.63) is 12.1 Å². The lowest BCUT2D eigenvalue weighted by molar-refractivity contribution is 0.0636. The maximum Gasteiger partial charge on any atom is 0.412 e. The quantitative estimate of drug-likeness (QED) is 0.580. The number of carbonyl (C=O) groups excluding carboxylic acids is 1. The van der Waals surface area contributed by atoms with Gasteiger partial charge in [0, 0.05) is 12.1 Å². The van der Waals surface area contributed by atoms with Gasteiger partial charge in [0.25, 0.3) is 0 Å². The van der Waals surface area contributed by atoms with Crippen molar-refractivity contribution in [3.63, 3.8) is 0 Å². The topological polar surface area (TPSA) is 94.8 Å². The van der Waals surface area contributed by atoms with Crippen molar-refractivity contribution in [1.29, 1.82) is 0 Å². The highest BCUT2D eigenvalue weighted by Gasteiger charge is 2.18. The first kappa shape index (κ1) is 15.9. The van der Waals surface area contributed by atoms with Gasteiger partial charge in [0.05, 0.1) is 25.6 Å². The first-order chi connectivity index (χ1) is 9.30. The minimum absolute atomic E-state index is 0.430. The van der Waals surface area contributed by atoms with Crippen LogP contribution in [0, 0.1) is 0 Å². The van der Waals surface area contributed by atoms with Crippen LogP contribution in [0.4, 0.5) is 16.2 Å². The molecule has 0 saturated carbocycles. The molecule has 0 aliphatic rings. The van der Waals surface area contributed by atoms with Crippen LogP contribution in [0.15, 0.2) is 12.1 Å². The van der Waals surface area contributed by atoms with Crippen LogP contribution in [0.1, 0.15) is 20.8 Å². The normalized spacial score (nSPS) is 10.7. The van der Waals surface area contributed by atoms with Crippen molar-refractivity contribution in [2.45, 2.75) is 26.4 Å². The fraction of sp³-hybridized carbons (Fsp3) is 0.462. The van der Waals surface area contributed by atoms with Crippen LogP contribution < -0.4 is 26.1 Å². The van der Waals surface area contributed by atoms with E-state index in [1.165, 1.54) is 14.2 Å². The molecular formula is C13H21N3O4. The third-order valence-electron chi connectivity index (χ3n) is 2.31. The molecule has 0 bridgehead atoms. The number of anilines is 2. The Labute approximate surface area is 118 Å². The van der Waals surface area contributed by atoms with E-state index in [2.05, 4.69) is 10.7 Å². The van der Waals surface area contributed by atoms with E-state index in [0.717, 1.165) is 0 Å². The number of rotatable bonds is 4. The van der Waals surface area contributed by atoms with Crippen molar-refractivity contribution in [1.82, 2.24) is 0 Å². The number of hydrogen-bond acceptors (Lipinski definition) is 6. The minimum Gasteiger partial charge on any atom is -0.493 e. The van der Waals surface area contributed by atoms with Gasteiger partial charge in [0.2, 0.25) is 0 Å². The molecule has 20 heavy (non-hydrogen) atoms. The fourth-order valence-corrected chi connectivity index (χ4v) is 1.52. The summed E-state index contributed by atoms with van der Waals surface area (Å²) in [4.78, 5) is 11.8. The maximum atomic E-state index is 11.8. The van der Waals surface area contributed by atoms with Crippen LogP contribution in [0.2, 0.25) is 0 Å². The van der Waals surface area contributed by atoms with Gasteiger partial charge in [-0.25, -0.2) is 4.79 Å². The fourth-order valence-electron chi connectivity index (χ4n) is 1.52. The van der Waals surface area contributed by atoms with Crippen LogP contribution in [-0.4, -0.2) is 25.9 Å². The van der Waals surface area contributed by atoms with Gasteiger partial charge in [0.15, 0.2) is 11.5 Å². The predicted molar refractivity (Wildman–Crippen MR) is 77.2 cm³/mol. The summed E-state index contributed by atoms with van der Waals surface area (Å²) in [5.41, 5.74) is 2.81. The van der Waals surface area contributed by atoms with Crippen molar-refractivity contribution >= 4 is 17.5 Å². The number of nitrogens with two attached hydrogens (primary N) is 1. The summed E-state index contributed by atoms with van der Waals surface area (Å²) in [5.74, 6) is 6.40. The number of nitrogen functional groups attached to an aromatic ring is 1. The Hall–Kier alpha value is -2.15. The van der Waals surface area contributed by atoms with Crippen LogP contribution >= 0.6 is 0 Å². The minimum atomic E-state index is -0.586. The molecule has 1 rings (SSSR count). The number of nitrogens with one attached hydrogen (secondary N) is 2. The number of hydrazine groups is 1. The number of hydrogen-bond donors (Lipinski definition) is 3. The standard InChI is InChI=1S/C13H21N3O4/c1-13(2,3)20-12(17)15-8-6-10(18-4)11(19-5)7-9(8)16-14/h6-7,16H,14H2,1-5H3,(H,15,17). The highest BCUT2D eigenvalue weighted by Crippen LogP contribution is 2.36. The first-order valence-electron chi connectivity index (χ1n) is 6.03. The van der Waals surface area contributed by atoms with E-state index in [-0.39, 0.29) is 0 Å². The Morgan fingerprint density at radius 1 is 1.10 bits per heavy atom. The molecule has 1 amide bonds. The molecule has 0 unspecified atom stereocenters. The predicted octanol–water partition coefficient (Wildman–Crippen LogP) is 2.34. The molecule has 0 heterocycles. The zero-order valence-corrected chi connectivity index (χ0v) is 12.4. The SMILES string of the molecule is COc1cc(NN)c(NC(=O)OC(C)(C)C)cc1OC. The van der Waals surface area contributed by atoms with E-state index in [9.17, 15) is 4.79 Å². The van der Waals surface area contributed by atoms with Crippen molar-refractivity contribution < 1.29 is 19.0 Å². The maximum absolute atomic E-state index is 11.8. The second kappa shape index (κ2) is 6.33. The second-order valence-corrected chi connectivity index (χ2v) is 5.02. The number of benzene rings is 1. The molecule has 0 atom stereocenters. The summed E-state index contributed by atoms with van der Waals surface area (Å²) < 4.78 is 15.5. The average molecular weight is 283 g/mol. The molecule has 4 N–H and O–H groups in total. The van der Waals surface area contributed by atoms with Crippen LogP contribution in [0.5, 0.6) is 11.5 Å². The summed E-state index contributed by atoms with van der Waals surface area (Å²) in [6.45, 7) is 5.34. The summed E-state index contributed by atoms with van der Waals surface area (Å²) in [5, 5.41) is 2.60. The van der Waals surface area contributed by atoms with Gasteiger partial charge in [-0.15, -0.1) is 0 Å². The molecule has 1 aromatic rings. The van der Waals surface area contributed by atoms with Gasteiger partial charge in [-0.3, -0.25) is 11.2 Å². The van der Waals surface area contributed by atoms with Gasteiger partial charge in [0.1, 0.15) is 5.60 Å². The van der Waals surface area contributed by atoms with Crippen molar-refractivity contribution in [2.75, 3.05) is 25.0 Å². The van der Waals surface area contributed by atoms with E-state index in [4.69, 9.17) is 20.1 Å². The largest absolute Gasteiger partial charge is 0.493 e. The molecule has 0 radical (unpaired) electrons. The lowest BCUT2D eigenvalue weighted by Crippen LogP contribution is -2.27. The zero-order chi connectivity index (χ0) is 15.3. The number of ether oxygens (including phenoxy) is 3. The Morgan fingerprint density at radius 3 is 2.00 bits per heavy atom. The summed E-state index contributed by atoms with van der Waals surface area (Å²) in [6.07, 6.45) is -0.582. The molecule has 0 fully saturated rings. The van der Waals surface area contributed by atoms with Crippen LogP contribution in [0.3, 0.4) is 0 Å². The lowest BCUT2D eigenvalue weighted by atomic mass is 10.2. The third kappa shape index (κ3) is 4.20. The molecule has 7 nitrogen and oxygen atoms in total. The molecule has 0 aliphatic heterocycles. The van der Waals surface area contributed by atoms with Gasteiger partial charge in [-0.2, -0.15) is 0 Å². The Kier molecular flexibility index (Phi) is 5.04. The third-order valence-corrected chi connectivity index (χ3v) is 2.31. The first-order valence-corrected chi connectivity index (χ1v) is 6.03. The van der Waals surface area contributed by atoms with Gasteiger partial charge in [-0.05, 0) is 20.8 Å². The number of methoxy groups -OCH3 is 2. The van der Waals surface area contributed by atoms with E-state index in [1.54, 1.807) is 32.9 Å². The van der Waals surface area contributed by atoms with Gasteiger partial charge in [-0.1, -0.05) is 0 Å². The number of carbonyl (C=O) groups is 1. The number of amides is 1. The highest BCUT2D eigenvalue weighted by molar-refractivity contribution is 5.90. The lowest BCUT2D eigenvalue weighted by Gasteiger charge is -2.21. The molecular weight excluding hydrogens is 262 g/mol. The van der Waals surface area contributed by atoms with E-state index >= 15 is 0 Å². The summed E-state index contributed by atoms with van der Waals surface area (Å²) in [7, 11) is 3.02. The van der Waals surface area contributed by atoms with Crippen LogP contribution in [0.25, 0.3) is 0 Å². The van der Waals surface area contributed by atoms with Crippen molar-refractivity contribution in [2.24, 2.45) is 5.84 Å². The van der Waals surface area contributed by atoms with E-state index in [1.807, 2.05) is 0 Å². The summed E-state index contributed by atoms with van der Waals surface area (Å²) >= 11 is 0. The molecule has 0 spiro atoms. The molecule has 112 valence electrons. The van der Waals surface area contributed by atoms with Crippen LogP contribution in [-0.2, 0) is 4.74 Å². The zero-order valence-electron chi connectivity index (χ0n) is 12.4. The second-order valence-electron chi connectivity index (χ2n) is 5.02. The molecule has 0 aliphatic carbocycles. The van der Waals surface area contributed by atoms with E-state index in [0.29, 0.717) is 22.9 Å².